The number of alkyl halides is 3. The van der Waals surface area contributed by atoms with Gasteiger partial charge in [0.05, 0.1) is 23.4 Å². The summed E-state index contributed by atoms with van der Waals surface area (Å²) in [5.41, 5.74) is 2.88. The van der Waals surface area contributed by atoms with Gasteiger partial charge in [-0.25, -0.2) is 4.68 Å². The Bertz CT molecular complexity index is 1160. The normalized spacial score (nSPS) is 17.6. The summed E-state index contributed by atoms with van der Waals surface area (Å²) in [6.45, 7) is 7.42. The average Bonchev–Trinajstić information content (AvgIpc) is 3.38. The number of rotatable bonds is 6. The summed E-state index contributed by atoms with van der Waals surface area (Å²) >= 11 is 0. The molecule has 1 fully saturated rings. The van der Waals surface area contributed by atoms with Crippen molar-refractivity contribution in [3.63, 3.8) is 0 Å². The number of carbonyl (C=O) groups is 1. The van der Waals surface area contributed by atoms with Crippen molar-refractivity contribution in [2.75, 3.05) is 13.1 Å². The van der Waals surface area contributed by atoms with Crippen molar-refractivity contribution in [1.82, 2.24) is 20.0 Å². The highest BCUT2D eigenvalue weighted by Gasteiger charge is 2.31. The van der Waals surface area contributed by atoms with E-state index in [1.54, 1.807) is 19.9 Å². The van der Waals surface area contributed by atoms with Gasteiger partial charge >= 0.3 is 6.18 Å². The summed E-state index contributed by atoms with van der Waals surface area (Å²) < 4.78 is 40.8. The molecule has 34 heavy (non-hydrogen) atoms. The topological polar surface area (TPSA) is 50.2 Å². The maximum atomic E-state index is 13.1. The maximum Gasteiger partial charge on any atom is 0.416 e. The van der Waals surface area contributed by atoms with Crippen molar-refractivity contribution in [1.29, 1.82) is 0 Å². The van der Waals surface area contributed by atoms with E-state index in [1.807, 2.05) is 18.2 Å². The first-order valence-electron chi connectivity index (χ1n) is 11.4. The fraction of sp³-hybridized carbons (Fsp3) is 0.385. The highest BCUT2D eigenvalue weighted by Crippen LogP contribution is 2.31. The van der Waals surface area contributed by atoms with Gasteiger partial charge in [-0.3, -0.25) is 9.69 Å². The van der Waals surface area contributed by atoms with Gasteiger partial charge in [-0.2, -0.15) is 18.3 Å². The number of aryl methyl sites for hydroxylation is 1. The third-order valence-electron chi connectivity index (χ3n) is 6.61. The second kappa shape index (κ2) is 9.62. The fourth-order valence-corrected chi connectivity index (χ4v) is 4.63. The predicted molar refractivity (Wildman–Crippen MR) is 125 cm³/mol. The summed E-state index contributed by atoms with van der Waals surface area (Å²) in [4.78, 5) is 15.2. The van der Waals surface area contributed by atoms with E-state index in [2.05, 4.69) is 34.4 Å². The van der Waals surface area contributed by atoms with Crippen molar-refractivity contribution in [2.24, 2.45) is 0 Å². The molecule has 1 aromatic heterocycles. The Labute approximate surface area is 197 Å². The number of carbonyl (C=O) groups excluding carboxylic acids is 1. The number of halogens is 3. The Morgan fingerprint density at radius 3 is 2.59 bits per heavy atom. The summed E-state index contributed by atoms with van der Waals surface area (Å²) in [6, 6.07) is 15.7. The number of aromatic nitrogens is 2. The summed E-state index contributed by atoms with van der Waals surface area (Å²) in [5, 5.41) is 7.55. The molecule has 2 aromatic carbocycles. The zero-order chi connectivity index (χ0) is 24.5. The first-order chi connectivity index (χ1) is 16.1. The van der Waals surface area contributed by atoms with Crippen LogP contribution in [-0.4, -0.2) is 39.7 Å². The Kier molecular flexibility index (Phi) is 6.79. The number of nitrogens with zero attached hydrogens (tertiary/aromatic N) is 3. The van der Waals surface area contributed by atoms with Crippen LogP contribution in [-0.2, 0) is 17.4 Å². The molecule has 1 amide bonds. The molecule has 2 unspecified atom stereocenters. The minimum Gasteiger partial charge on any atom is -0.352 e. The third kappa shape index (κ3) is 5.17. The highest BCUT2D eigenvalue weighted by atomic mass is 19.4. The van der Waals surface area contributed by atoms with Crippen LogP contribution >= 0.6 is 0 Å². The average molecular weight is 471 g/mol. The molecule has 1 N–H and O–H groups in total. The monoisotopic (exact) mass is 470 g/mol. The van der Waals surface area contributed by atoms with E-state index in [-0.39, 0.29) is 24.4 Å². The van der Waals surface area contributed by atoms with Crippen LogP contribution in [0.5, 0.6) is 0 Å². The molecule has 0 radical (unpaired) electrons. The SMILES string of the molecule is Cc1nn(-c2cccc(C(F)(F)F)c2)c(C)c1CC(=O)NC1CCN(C(C)c2ccccc2)C1. The molecule has 1 aliphatic rings. The Hall–Kier alpha value is -3.13. The lowest BCUT2D eigenvalue weighted by atomic mass is 10.1. The molecule has 2 heterocycles. The molecule has 2 atom stereocenters. The molecule has 1 aliphatic heterocycles. The summed E-state index contributed by atoms with van der Waals surface area (Å²) in [5.74, 6) is -0.103. The first-order valence-corrected chi connectivity index (χ1v) is 11.4. The minimum absolute atomic E-state index is 0.0674. The van der Waals surface area contributed by atoms with E-state index in [4.69, 9.17) is 0 Å². The van der Waals surface area contributed by atoms with Crippen molar-refractivity contribution in [3.8, 4) is 5.69 Å². The van der Waals surface area contributed by atoms with Gasteiger partial charge in [-0.15, -0.1) is 0 Å². The van der Waals surface area contributed by atoms with Gasteiger partial charge in [0.15, 0.2) is 0 Å². The molecule has 0 aliphatic carbocycles. The van der Waals surface area contributed by atoms with Crippen LogP contribution in [0, 0.1) is 13.8 Å². The largest absolute Gasteiger partial charge is 0.416 e. The van der Waals surface area contributed by atoms with Crippen LogP contribution in [0.25, 0.3) is 5.69 Å². The standard InChI is InChI=1S/C26H29F3N4O/c1-17-24(19(3)33(31-17)23-11-7-10-21(14-23)26(27,28)29)15-25(34)30-22-12-13-32(16-22)18(2)20-8-5-4-6-9-20/h4-11,14,18,22H,12-13,15-16H2,1-3H3,(H,30,34). The van der Waals surface area contributed by atoms with E-state index in [0.29, 0.717) is 17.1 Å². The molecule has 0 bridgehead atoms. The van der Waals surface area contributed by atoms with Gasteiger partial charge in [0.1, 0.15) is 0 Å². The van der Waals surface area contributed by atoms with Crippen LogP contribution in [0.3, 0.4) is 0 Å². The Morgan fingerprint density at radius 2 is 1.88 bits per heavy atom. The number of nitrogens with one attached hydrogen (secondary N) is 1. The van der Waals surface area contributed by atoms with Crippen LogP contribution in [0.2, 0.25) is 0 Å². The Balaban J connectivity index is 1.41. The fourth-order valence-electron chi connectivity index (χ4n) is 4.63. The van der Waals surface area contributed by atoms with E-state index < -0.39 is 11.7 Å². The molecule has 3 aromatic rings. The second-order valence-corrected chi connectivity index (χ2v) is 8.92. The molecule has 180 valence electrons. The third-order valence-corrected chi connectivity index (χ3v) is 6.61. The lowest BCUT2D eigenvalue weighted by Gasteiger charge is -2.24. The summed E-state index contributed by atoms with van der Waals surface area (Å²) in [6.07, 6.45) is -3.41. The van der Waals surface area contributed by atoms with Gasteiger partial charge < -0.3 is 5.32 Å². The lowest BCUT2D eigenvalue weighted by molar-refractivity contribution is -0.137. The second-order valence-electron chi connectivity index (χ2n) is 8.92. The number of likely N-dealkylation sites (tertiary alicyclic amines) is 1. The molecular formula is C26H29F3N4O. The number of hydrogen-bond acceptors (Lipinski definition) is 3. The highest BCUT2D eigenvalue weighted by molar-refractivity contribution is 5.79. The van der Waals surface area contributed by atoms with Crippen molar-refractivity contribution >= 4 is 5.91 Å². The number of amides is 1. The van der Waals surface area contributed by atoms with Crippen LogP contribution in [0.4, 0.5) is 13.2 Å². The lowest BCUT2D eigenvalue weighted by Crippen LogP contribution is -2.38. The number of benzene rings is 2. The maximum absolute atomic E-state index is 13.1. The number of hydrogen-bond donors (Lipinski definition) is 1. The molecule has 0 spiro atoms. The predicted octanol–water partition coefficient (Wildman–Crippen LogP) is 5.00. The van der Waals surface area contributed by atoms with Crippen LogP contribution in [0.15, 0.2) is 54.6 Å². The van der Waals surface area contributed by atoms with Crippen LogP contribution < -0.4 is 5.32 Å². The Morgan fingerprint density at radius 1 is 1.15 bits per heavy atom. The summed E-state index contributed by atoms with van der Waals surface area (Å²) in [7, 11) is 0. The molecule has 0 saturated carbocycles. The smallest absolute Gasteiger partial charge is 0.352 e. The van der Waals surface area contributed by atoms with Gasteiger partial charge in [0.2, 0.25) is 5.91 Å². The first kappa shape index (κ1) is 24.0. The van der Waals surface area contributed by atoms with E-state index in [1.165, 1.54) is 16.3 Å². The van der Waals surface area contributed by atoms with E-state index >= 15 is 0 Å². The van der Waals surface area contributed by atoms with E-state index in [0.717, 1.165) is 37.2 Å². The van der Waals surface area contributed by atoms with Gasteiger partial charge in [-0.1, -0.05) is 36.4 Å². The molecular weight excluding hydrogens is 441 g/mol. The zero-order valence-electron chi connectivity index (χ0n) is 19.6. The zero-order valence-corrected chi connectivity index (χ0v) is 19.6. The minimum atomic E-state index is -4.43. The molecule has 5 nitrogen and oxygen atoms in total. The van der Waals surface area contributed by atoms with Crippen LogP contribution in [0.1, 0.15) is 47.5 Å². The van der Waals surface area contributed by atoms with Gasteiger partial charge in [0.25, 0.3) is 0 Å². The van der Waals surface area contributed by atoms with E-state index in [9.17, 15) is 18.0 Å². The molecule has 4 rings (SSSR count). The molecule has 1 saturated heterocycles. The molecule has 8 heteroatoms. The van der Waals surface area contributed by atoms with Crippen molar-refractivity contribution in [2.45, 2.75) is 51.9 Å². The quantitative estimate of drug-likeness (QED) is 0.552. The van der Waals surface area contributed by atoms with Crippen molar-refractivity contribution in [3.05, 3.63) is 82.7 Å². The van der Waals surface area contributed by atoms with Crippen molar-refractivity contribution < 1.29 is 18.0 Å². The van der Waals surface area contributed by atoms with Gasteiger partial charge in [-0.05, 0) is 51.0 Å². The van der Waals surface area contributed by atoms with Gasteiger partial charge in [0, 0.05) is 36.4 Å².